The average molecular weight is 277 g/mol. The number of carboxylic acids is 1. The minimum atomic E-state index is -0.893. The summed E-state index contributed by atoms with van der Waals surface area (Å²) in [6, 6.07) is -0.626. The van der Waals surface area contributed by atoms with Gasteiger partial charge in [-0.25, -0.2) is 4.79 Å². The second-order valence-corrected chi connectivity index (χ2v) is 7.53. The summed E-state index contributed by atoms with van der Waals surface area (Å²) >= 11 is 5.23. The third kappa shape index (κ3) is 3.74. The first-order chi connectivity index (χ1) is 7.97. The zero-order chi connectivity index (χ0) is 13.0. The fraction of sp³-hybridized carbons (Fsp3) is 0.818. The van der Waals surface area contributed by atoms with Gasteiger partial charge in [0.25, 0.3) is 0 Å². The number of hydrogen-bond acceptors (Lipinski definition) is 3. The van der Waals surface area contributed by atoms with Crippen LogP contribution in [0.2, 0.25) is 0 Å². The number of rotatable bonds is 5. The molecule has 0 aliphatic carbocycles. The number of carboxylic acid groups (broad SMARTS) is 1. The van der Waals surface area contributed by atoms with Crippen LogP contribution < -0.4 is 0 Å². The predicted molar refractivity (Wildman–Crippen MR) is 71.7 cm³/mol. The Morgan fingerprint density at radius 1 is 1.59 bits per heavy atom. The van der Waals surface area contributed by atoms with Gasteiger partial charge in [-0.1, -0.05) is 25.0 Å². The van der Waals surface area contributed by atoms with Crippen LogP contribution >= 0.6 is 0 Å². The number of nitrogens with zero attached hydrogens (tertiary/aromatic N) is 1. The van der Waals surface area contributed by atoms with Crippen molar-refractivity contribution in [3.8, 4) is 0 Å². The van der Waals surface area contributed by atoms with Gasteiger partial charge in [0, 0.05) is 18.2 Å². The van der Waals surface area contributed by atoms with E-state index < -0.39 is 12.0 Å². The van der Waals surface area contributed by atoms with Crippen molar-refractivity contribution in [2.75, 3.05) is 18.1 Å². The summed E-state index contributed by atoms with van der Waals surface area (Å²) in [6.07, 6.45) is 1.35. The van der Waals surface area contributed by atoms with Crippen molar-refractivity contribution in [1.29, 1.82) is 0 Å². The molecular formula is C11H19NO3S2. The van der Waals surface area contributed by atoms with E-state index in [2.05, 4.69) is 0 Å². The third-order valence-electron chi connectivity index (χ3n) is 3.00. The van der Waals surface area contributed by atoms with Gasteiger partial charge in [0.1, 0.15) is 6.04 Å². The molecule has 98 valence electrons. The Kier molecular flexibility index (Phi) is 5.52. The second-order valence-electron chi connectivity index (χ2n) is 4.32. The van der Waals surface area contributed by atoms with Gasteiger partial charge in [-0.2, -0.15) is 0 Å². The van der Waals surface area contributed by atoms with E-state index in [9.17, 15) is 9.59 Å². The zero-order valence-corrected chi connectivity index (χ0v) is 11.9. The predicted octanol–water partition coefficient (Wildman–Crippen LogP) is 0.798. The van der Waals surface area contributed by atoms with Crippen LogP contribution in [0.4, 0.5) is 0 Å². The smallest absolute Gasteiger partial charge is 0.326 e. The van der Waals surface area contributed by atoms with Crippen LogP contribution in [0.5, 0.6) is 0 Å². The summed E-state index contributed by atoms with van der Waals surface area (Å²) in [7, 11) is -0.161. The van der Waals surface area contributed by atoms with Crippen LogP contribution in [-0.2, 0) is 30.2 Å². The van der Waals surface area contributed by atoms with E-state index in [4.69, 9.17) is 16.3 Å². The molecule has 1 saturated heterocycles. The van der Waals surface area contributed by atoms with Crippen LogP contribution in [0.25, 0.3) is 0 Å². The van der Waals surface area contributed by atoms with Crippen molar-refractivity contribution in [3.63, 3.8) is 0 Å². The molecule has 0 radical (unpaired) electrons. The standard InChI is InChI=1S/C11H19NO3S2/c1-3-17(16)7-8(2)10(13)12-6-4-5-9(12)11(14)15/h8-9H,3-7H2,1-2H3,(H,14,15). The molecule has 1 aliphatic rings. The molecule has 0 aromatic heterocycles. The van der Waals surface area contributed by atoms with Gasteiger partial charge in [0.05, 0.1) is 0 Å². The van der Waals surface area contributed by atoms with Crippen molar-refractivity contribution >= 4 is 32.5 Å². The monoisotopic (exact) mass is 277 g/mol. The SMILES string of the molecule is CCS(=S)CC(C)C(=O)N1CCCC1C(=O)O. The Balaban J connectivity index is 2.62. The third-order valence-corrected chi connectivity index (χ3v) is 5.63. The number of carbonyl (C=O) groups excluding carboxylic acids is 1. The van der Waals surface area contributed by atoms with E-state index in [0.29, 0.717) is 18.7 Å². The first-order valence-electron chi connectivity index (χ1n) is 5.85. The topological polar surface area (TPSA) is 57.6 Å². The number of amides is 1. The molecule has 3 atom stereocenters. The molecule has 1 rings (SSSR count). The van der Waals surface area contributed by atoms with E-state index in [-0.39, 0.29) is 21.3 Å². The molecule has 1 heterocycles. The number of carbonyl (C=O) groups is 2. The molecule has 3 unspecified atom stereocenters. The molecule has 1 aliphatic heterocycles. The fourth-order valence-corrected chi connectivity index (χ4v) is 3.59. The average Bonchev–Trinajstić information content (AvgIpc) is 2.76. The first-order valence-corrected chi connectivity index (χ1v) is 8.34. The normalized spacial score (nSPS) is 23.4. The fourth-order valence-electron chi connectivity index (χ4n) is 2.04. The lowest BCUT2D eigenvalue weighted by Gasteiger charge is -2.25. The van der Waals surface area contributed by atoms with Crippen molar-refractivity contribution in [3.05, 3.63) is 0 Å². The summed E-state index contributed by atoms with van der Waals surface area (Å²) in [5.41, 5.74) is 0. The van der Waals surface area contributed by atoms with Crippen molar-refractivity contribution < 1.29 is 14.7 Å². The lowest BCUT2D eigenvalue weighted by Crippen LogP contribution is -2.44. The van der Waals surface area contributed by atoms with E-state index in [1.54, 1.807) is 0 Å². The number of aliphatic carboxylic acids is 1. The Morgan fingerprint density at radius 3 is 2.76 bits per heavy atom. The van der Waals surface area contributed by atoms with Crippen LogP contribution in [0.1, 0.15) is 26.7 Å². The highest BCUT2D eigenvalue weighted by molar-refractivity contribution is 8.28. The molecule has 0 spiro atoms. The Bertz CT molecular complexity index is 333. The molecule has 6 heteroatoms. The maximum atomic E-state index is 12.1. The summed E-state index contributed by atoms with van der Waals surface area (Å²) in [5, 5.41) is 9.03. The molecule has 1 fully saturated rings. The van der Waals surface area contributed by atoms with Crippen LogP contribution in [-0.4, -0.2) is 46.0 Å². The molecule has 0 bridgehead atoms. The molecule has 1 N–H and O–H groups in total. The van der Waals surface area contributed by atoms with Gasteiger partial charge in [0.15, 0.2) is 0 Å². The first kappa shape index (κ1) is 14.6. The van der Waals surface area contributed by atoms with Gasteiger partial charge < -0.3 is 10.0 Å². The van der Waals surface area contributed by atoms with Gasteiger partial charge >= 0.3 is 5.97 Å². The zero-order valence-electron chi connectivity index (χ0n) is 10.2. The molecule has 17 heavy (non-hydrogen) atoms. The summed E-state index contributed by atoms with van der Waals surface area (Å²) in [5.74, 6) is 0.486. The van der Waals surface area contributed by atoms with Crippen molar-refractivity contribution in [2.45, 2.75) is 32.7 Å². The molecule has 0 saturated carbocycles. The minimum absolute atomic E-state index is 0.0503. The van der Waals surface area contributed by atoms with Gasteiger partial charge in [-0.05, 0) is 18.6 Å². The Hall–Kier alpha value is -0.490. The highest BCUT2D eigenvalue weighted by atomic mass is 32.8. The lowest BCUT2D eigenvalue weighted by molar-refractivity contribution is -0.149. The van der Waals surface area contributed by atoms with Gasteiger partial charge in [0.2, 0.25) is 5.91 Å². The van der Waals surface area contributed by atoms with Crippen molar-refractivity contribution in [2.24, 2.45) is 5.92 Å². The molecule has 1 amide bonds. The number of hydrogen-bond donors (Lipinski definition) is 1. The maximum absolute atomic E-state index is 12.1. The van der Waals surface area contributed by atoms with E-state index in [1.807, 2.05) is 13.8 Å². The maximum Gasteiger partial charge on any atom is 0.326 e. The lowest BCUT2D eigenvalue weighted by atomic mass is 10.1. The number of likely N-dealkylation sites (tertiary alicyclic amines) is 1. The van der Waals surface area contributed by atoms with Crippen LogP contribution in [0.3, 0.4) is 0 Å². The van der Waals surface area contributed by atoms with E-state index in [0.717, 1.165) is 12.2 Å². The molecular weight excluding hydrogens is 258 g/mol. The van der Waals surface area contributed by atoms with E-state index >= 15 is 0 Å². The van der Waals surface area contributed by atoms with Gasteiger partial charge in [-0.3, -0.25) is 4.79 Å². The largest absolute Gasteiger partial charge is 0.480 e. The van der Waals surface area contributed by atoms with Crippen molar-refractivity contribution in [1.82, 2.24) is 4.90 Å². The highest BCUT2D eigenvalue weighted by Gasteiger charge is 2.35. The quantitative estimate of drug-likeness (QED) is 0.807. The summed E-state index contributed by atoms with van der Waals surface area (Å²) in [4.78, 5) is 24.6. The van der Waals surface area contributed by atoms with Crippen LogP contribution in [0, 0.1) is 5.92 Å². The molecule has 4 nitrogen and oxygen atoms in total. The highest BCUT2D eigenvalue weighted by Crippen LogP contribution is 2.20. The Labute approximate surface area is 109 Å². The summed E-state index contributed by atoms with van der Waals surface area (Å²) < 4.78 is 0. The molecule has 0 aromatic carbocycles. The molecule has 0 aromatic rings. The Morgan fingerprint density at radius 2 is 2.24 bits per heavy atom. The van der Waals surface area contributed by atoms with E-state index in [1.165, 1.54) is 4.90 Å². The van der Waals surface area contributed by atoms with Gasteiger partial charge in [-0.15, -0.1) is 9.45 Å². The minimum Gasteiger partial charge on any atom is -0.480 e. The van der Waals surface area contributed by atoms with Crippen LogP contribution in [0.15, 0.2) is 0 Å². The summed E-state index contributed by atoms with van der Waals surface area (Å²) in [6.45, 7) is 4.43. The second kappa shape index (κ2) is 6.44.